The quantitative estimate of drug-likeness (QED) is 0.692. The van der Waals surface area contributed by atoms with Crippen molar-refractivity contribution in [3.8, 4) is 5.75 Å². The topological polar surface area (TPSA) is 55.5 Å². The van der Waals surface area contributed by atoms with Crippen LogP contribution in [0.4, 0.5) is 5.69 Å². The molecule has 0 fully saturated rings. The Hall–Kier alpha value is -1.22. The average molecular weight is 181 g/mol. The third kappa shape index (κ3) is 2.63. The Kier molecular flexibility index (Phi) is 3.14. The van der Waals surface area contributed by atoms with Crippen LogP contribution in [0.5, 0.6) is 5.75 Å². The Balaban J connectivity index is 2.71. The van der Waals surface area contributed by atoms with Crippen LogP contribution in [0.1, 0.15) is 12.5 Å². The zero-order valence-electron chi connectivity index (χ0n) is 7.95. The Labute approximate surface area is 78.1 Å². The maximum Gasteiger partial charge on any atom is 0.124 e. The molecule has 1 aromatic rings. The number of rotatable bonds is 3. The molecule has 3 heteroatoms. The predicted molar refractivity (Wildman–Crippen MR) is 52.8 cm³/mol. The maximum atomic E-state index is 9.02. The number of benzene rings is 1. The highest BCUT2D eigenvalue weighted by Crippen LogP contribution is 2.22. The van der Waals surface area contributed by atoms with Gasteiger partial charge >= 0.3 is 0 Å². The molecule has 0 saturated carbocycles. The van der Waals surface area contributed by atoms with Gasteiger partial charge in [0, 0.05) is 11.3 Å². The normalized spacial score (nSPS) is 12.5. The minimum Gasteiger partial charge on any atom is -0.491 e. The van der Waals surface area contributed by atoms with E-state index in [0.717, 1.165) is 11.3 Å². The van der Waals surface area contributed by atoms with E-state index in [4.69, 9.17) is 15.6 Å². The average Bonchev–Trinajstić information content (AvgIpc) is 2.07. The minimum atomic E-state index is -0.458. The Morgan fingerprint density at radius 3 is 2.85 bits per heavy atom. The van der Waals surface area contributed by atoms with E-state index in [-0.39, 0.29) is 0 Å². The summed E-state index contributed by atoms with van der Waals surface area (Å²) in [5, 5.41) is 9.02. The van der Waals surface area contributed by atoms with E-state index in [2.05, 4.69) is 0 Å². The summed E-state index contributed by atoms with van der Waals surface area (Å²) >= 11 is 0. The highest BCUT2D eigenvalue weighted by Gasteiger charge is 2.03. The first-order valence-electron chi connectivity index (χ1n) is 4.27. The van der Waals surface area contributed by atoms with E-state index >= 15 is 0 Å². The van der Waals surface area contributed by atoms with E-state index in [0.29, 0.717) is 12.3 Å². The van der Waals surface area contributed by atoms with Crippen LogP contribution in [-0.4, -0.2) is 17.8 Å². The number of hydrogen-bond donors (Lipinski definition) is 2. The second-order valence-electron chi connectivity index (χ2n) is 3.13. The fourth-order valence-corrected chi connectivity index (χ4v) is 0.998. The first-order valence-corrected chi connectivity index (χ1v) is 4.27. The van der Waals surface area contributed by atoms with Crippen LogP contribution in [0.2, 0.25) is 0 Å². The molecule has 0 amide bonds. The van der Waals surface area contributed by atoms with Crippen LogP contribution in [-0.2, 0) is 0 Å². The lowest BCUT2D eigenvalue weighted by Gasteiger charge is -2.11. The summed E-state index contributed by atoms with van der Waals surface area (Å²) in [6, 6.07) is 5.50. The highest BCUT2D eigenvalue weighted by atomic mass is 16.5. The molecule has 0 aromatic heterocycles. The van der Waals surface area contributed by atoms with Crippen molar-refractivity contribution in [2.75, 3.05) is 12.3 Å². The number of anilines is 1. The van der Waals surface area contributed by atoms with Gasteiger partial charge in [0.1, 0.15) is 12.4 Å². The monoisotopic (exact) mass is 181 g/mol. The molecular weight excluding hydrogens is 166 g/mol. The first kappa shape index (κ1) is 9.86. The van der Waals surface area contributed by atoms with Crippen LogP contribution in [0, 0.1) is 6.92 Å². The van der Waals surface area contributed by atoms with Gasteiger partial charge in [0.05, 0.1) is 6.10 Å². The fourth-order valence-electron chi connectivity index (χ4n) is 0.998. The molecule has 0 aliphatic heterocycles. The summed E-state index contributed by atoms with van der Waals surface area (Å²) in [6.07, 6.45) is -0.458. The summed E-state index contributed by atoms with van der Waals surface area (Å²) < 4.78 is 5.35. The predicted octanol–water partition coefficient (Wildman–Crippen LogP) is 1.34. The van der Waals surface area contributed by atoms with Gasteiger partial charge in [-0.15, -0.1) is 0 Å². The van der Waals surface area contributed by atoms with Crippen molar-refractivity contribution in [2.45, 2.75) is 20.0 Å². The van der Waals surface area contributed by atoms with Crippen LogP contribution in [0.3, 0.4) is 0 Å². The lowest BCUT2D eigenvalue weighted by Crippen LogP contribution is -2.13. The summed E-state index contributed by atoms with van der Waals surface area (Å²) in [5.41, 5.74) is 7.32. The molecule has 1 aromatic carbocycles. The summed E-state index contributed by atoms with van der Waals surface area (Å²) in [4.78, 5) is 0. The van der Waals surface area contributed by atoms with Gasteiger partial charge in [0.15, 0.2) is 0 Å². The molecule has 13 heavy (non-hydrogen) atoms. The van der Waals surface area contributed by atoms with Gasteiger partial charge in [-0.2, -0.15) is 0 Å². The zero-order chi connectivity index (χ0) is 9.84. The second-order valence-corrected chi connectivity index (χ2v) is 3.13. The van der Waals surface area contributed by atoms with Crippen LogP contribution < -0.4 is 10.5 Å². The number of nitrogens with two attached hydrogens (primary N) is 1. The Morgan fingerprint density at radius 2 is 2.23 bits per heavy atom. The molecular formula is C10H15NO2. The van der Waals surface area contributed by atoms with E-state index < -0.39 is 6.10 Å². The zero-order valence-corrected chi connectivity index (χ0v) is 7.95. The van der Waals surface area contributed by atoms with Gasteiger partial charge in [0.25, 0.3) is 0 Å². The molecule has 1 atom stereocenters. The van der Waals surface area contributed by atoms with Crippen molar-refractivity contribution in [3.63, 3.8) is 0 Å². The molecule has 1 unspecified atom stereocenters. The van der Waals surface area contributed by atoms with E-state index in [1.807, 2.05) is 25.1 Å². The third-order valence-corrected chi connectivity index (χ3v) is 1.81. The molecule has 0 heterocycles. The van der Waals surface area contributed by atoms with E-state index in [9.17, 15) is 0 Å². The lowest BCUT2D eigenvalue weighted by atomic mass is 10.2. The maximum absolute atomic E-state index is 9.02. The lowest BCUT2D eigenvalue weighted by molar-refractivity contribution is 0.122. The van der Waals surface area contributed by atoms with Gasteiger partial charge in [0.2, 0.25) is 0 Å². The highest BCUT2D eigenvalue weighted by molar-refractivity contribution is 5.53. The van der Waals surface area contributed by atoms with Gasteiger partial charge < -0.3 is 15.6 Å². The minimum absolute atomic E-state index is 0.296. The van der Waals surface area contributed by atoms with Gasteiger partial charge in [-0.3, -0.25) is 0 Å². The molecule has 0 aliphatic rings. The van der Waals surface area contributed by atoms with Crippen molar-refractivity contribution in [1.82, 2.24) is 0 Å². The molecule has 3 N–H and O–H groups in total. The van der Waals surface area contributed by atoms with Gasteiger partial charge in [-0.1, -0.05) is 6.07 Å². The third-order valence-electron chi connectivity index (χ3n) is 1.81. The van der Waals surface area contributed by atoms with Crippen molar-refractivity contribution < 1.29 is 9.84 Å². The molecule has 0 spiro atoms. The number of hydrogen-bond acceptors (Lipinski definition) is 3. The molecule has 0 saturated heterocycles. The largest absolute Gasteiger partial charge is 0.491 e. The molecule has 0 aliphatic carbocycles. The van der Waals surface area contributed by atoms with E-state index in [1.165, 1.54) is 0 Å². The van der Waals surface area contributed by atoms with Crippen molar-refractivity contribution in [2.24, 2.45) is 0 Å². The molecule has 0 bridgehead atoms. The summed E-state index contributed by atoms with van der Waals surface area (Å²) in [7, 11) is 0. The summed E-state index contributed by atoms with van der Waals surface area (Å²) in [5.74, 6) is 0.737. The standard InChI is InChI=1S/C10H15NO2/c1-7(12)6-13-10-5-3-4-9(11)8(10)2/h3-5,7,12H,6,11H2,1-2H3. The molecule has 3 nitrogen and oxygen atoms in total. The number of nitrogen functional groups attached to an aromatic ring is 1. The Bertz CT molecular complexity index is 284. The summed E-state index contributed by atoms with van der Waals surface area (Å²) in [6.45, 7) is 3.87. The van der Waals surface area contributed by atoms with Gasteiger partial charge in [-0.25, -0.2) is 0 Å². The number of aliphatic hydroxyl groups is 1. The molecule has 0 radical (unpaired) electrons. The first-order chi connectivity index (χ1) is 6.11. The smallest absolute Gasteiger partial charge is 0.124 e. The number of ether oxygens (including phenoxy) is 1. The van der Waals surface area contributed by atoms with Crippen molar-refractivity contribution >= 4 is 5.69 Å². The van der Waals surface area contributed by atoms with Crippen LogP contribution in [0.25, 0.3) is 0 Å². The van der Waals surface area contributed by atoms with Crippen molar-refractivity contribution in [3.05, 3.63) is 23.8 Å². The van der Waals surface area contributed by atoms with Gasteiger partial charge in [-0.05, 0) is 26.0 Å². The van der Waals surface area contributed by atoms with Crippen LogP contribution >= 0.6 is 0 Å². The fraction of sp³-hybridized carbons (Fsp3) is 0.400. The van der Waals surface area contributed by atoms with Crippen LogP contribution in [0.15, 0.2) is 18.2 Å². The Morgan fingerprint density at radius 1 is 1.54 bits per heavy atom. The molecule has 72 valence electrons. The number of aliphatic hydroxyl groups excluding tert-OH is 1. The van der Waals surface area contributed by atoms with E-state index in [1.54, 1.807) is 6.92 Å². The second kappa shape index (κ2) is 4.14. The van der Waals surface area contributed by atoms with Crippen molar-refractivity contribution in [1.29, 1.82) is 0 Å². The molecule has 1 rings (SSSR count). The SMILES string of the molecule is Cc1c(N)cccc1OCC(C)O.